The third-order valence-corrected chi connectivity index (χ3v) is 16.8. The van der Waals surface area contributed by atoms with Crippen molar-refractivity contribution in [2.45, 2.75) is 58.2 Å². The largest absolute Gasteiger partial charge is 0.378 e. The Morgan fingerprint density at radius 1 is 0.447 bits per heavy atom. The van der Waals surface area contributed by atoms with Gasteiger partial charge in [-0.25, -0.2) is 45.1 Å². The Hall–Kier alpha value is -5.71. The molecule has 8 heterocycles. The Kier molecular flexibility index (Phi) is 22.4. The van der Waals surface area contributed by atoms with E-state index >= 15 is 4.39 Å². The number of aryl methyl sites for hydroxylation is 3. The van der Waals surface area contributed by atoms with Crippen molar-refractivity contribution in [1.29, 1.82) is 0 Å². The van der Waals surface area contributed by atoms with Crippen LogP contribution in [0.2, 0.25) is 0 Å². The third-order valence-electron chi connectivity index (χ3n) is 15.1. The normalized spacial score (nSPS) is 17.8. The minimum absolute atomic E-state index is 0.0506. The van der Waals surface area contributed by atoms with Crippen LogP contribution in [0.1, 0.15) is 36.0 Å². The minimum Gasteiger partial charge on any atom is -0.378 e. The quantitative estimate of drug-likeness (QED) is 0.105. The van der Waals surface area contributed by atoms with Gasteiger partial charge in [0.2, 0.25) is 11.9 Å². The highest BCUT2D eigenvalue weighted by atomic mass is 79.9. The lowest BCUT2D eigenvalue weighted by atomic mass is 10.1. The van der Waals surface area contributed by atoms with Crippen LogP contribution in [0.3, 0.4) is 0 Å². The maximum Gasteiger partial charge on any atom is 0.247 e. The first-order valence-electron chi connectivity index (χ1n) is 27.9. The molecule has 13 rings (SSSR count). The highest BCUT2D eigenvalue weighted by Gasteiger charge is 2.32. The van der Waals surface area contributed by atoms with E-state index in [4.69, 9.17) is 19.9 Å². The van der Waals surface area contributed by atoms with Gasteiger partial charge < -0.3 is 35.1 Å². The van der Waals surface area contributed by atoms with Crippen molar-refractivity contribution >= 4 is 76.7 Å². The number of nitrogens with zero attached hydrogens (tertiary/aromatic N) is 11. The van der Waals surface area contributed by atoms with E-state index in [1.54, 1.807) is 18.2 Å². The maximum atomic E-state index is 15.4. The summed E-state index contributed by atoms with van der Waals surface area (Å²) in [7, 11) is 0. The van der Waals surface area contributed by atoms with Crippen LogP contribution in [0.15, 0.2) is 98.9 Å². The number of hydrogen-bond donors (Lipinski definition) is 2. The number of likely N-dealkylation sites (tertiary alicyclic amines) is 1. The highest BCUT2D eigenvalue weighted by Crippen LogP contribution is 2.33. The molecule has 0 radical (unpaired) electrons. The van der Waals surface area contributed by atoms with Gasteiger partial charge in [0.25, 0.3) is 0 Å². The Balaban J connectivity index is 0.000000138. The number of halogens is 10. The van der Waals surface area contributed by atoms with Gasteiger partial charge in [0, 0.05) is 64.5 Å². The van der Waals surface area contributed by atoms with Gasteiger partial charge in [-0.3, -0.25) is 14.7 Å². The molecule has 3 N–H and O–H groups in total. The standard InChI is InChI=1S/C22H23F3N6O.C14H18BrFN2O.C8H6F2N4.C8H15NO.C7H5Br2F/c1-14-6-19(27-22-26-13-31(28-22)17-9-15(23)8-16(24)10-17)21(25)20(7-14)30-4-2-29(3-5-30)18-11-32-12-18;1-10-6-12(15)14(16)13(7-10)18-4-2-17(3-5-18)11-8-19-9-11;9-5-1-6(10)3-7(2-5)14-4-12-8(11)13-14;1-2-4-9(5-3-1)8-6-10-7-8;1-4-2-5(8)7(10)6(9)3-4/h6-10,13,18H,2-5,11-12H2,1H3,(H,27,28);6-7,11H,2-5,8-9H2,1H3;1-4H,(H2,11,13);8H,1-7H2;2-3H,1H3. The molecule has 26 heteroatoms. The molecule has 0 unspecified atom stereocenters. The molecular formula is C59H67Br3F7N13O3. The van der Waals surface area contributed by atoms with Crippen molar-refractivity contribution in [2.75, 3.05) is 126 Å². The van der Waals surface area contributed by atoms with E-state index in [1.807, 2.05) is 43.9 Å². The van der Waals surface area contributed by atoms with Crippen LogP contribution in [0.4, 0.5) is 59.7 Å². The van der Waals surface area contributed by atoms with E-state index in [9.17, 15) is 26.3 Å². The molecule has 0 aliphatic carbocycles. The molecule has 0 saturated carbocycles. The summed E-state index contributed by atoms with van der Waals surface area (Å²) in [4.78, 5) is 19.3. The lowest BCUT2D eigenvalue weighted by Gasteiger charge is -2.43. The molecule has 6 aliphatic rings. The van der Waals surface area contributed by atoms with E-state index in [0.717, 1.165) is 157 Å². The van der Waals surface area contributed by atoms with Crippen LogP contribution < -0.4 is 20.9 Å². The third kappa shape index (κ3) is 17.3. The van der Waals surface area contributed by atoms with Gasteiger partial charge in [-0.2, -0.15) is 4.98 Å². The zero-order chi connectivity index (χ0) is 60.3. The number of piperidine rings is 1. The molecule has 0 amide bonds. The second-order valence-electron chi connectivity index (χ2n) is 21.4. The van der Waals surface area contributed by atoms with Crippen molar-refractivity contribution in [3.05, 3.63) is 156 Å². The van der Waals surface area contributed by atoms with E-state index in [0.29, 0.717) is 31.2 Å². The number of nitrogens with two attached hydrogens (primary N) is 1. The number of rotatable bonds is 9. The topological polar surface area (TPSA) is 143 Å². The fourth-order valence-corrected chi connectivity index (χ4v) is 12.2. The number of aromatic nitrogens is 6. The van der Waals surface area contributed by atoms with Gasteiger partial charge in [-0.15, -0.1) is 10.2 Å². The Bertz CT molecular complexity index is 3290. The summed E-state index contributed by atoms with van der Waals surface area (Å²) in [5.74, 6) is -3.38. The Morgan fingerprint density at radius 3 is 1.26 bits per heavy atom. The van der Waals surface area contributed by atoms with Crippen molar-refractivity contribution in [3.8, 4) is 11.4 Å². The zero-order valence-electron chi connectivity index (χ0n) is 47.3. The first kappa shape index (κ1) is 63.8. The van der Waals surface area contributed by atoms with Crippen LogP contribution in [-0.4, -0.2) is 167 Å². The van der Waals surface area contributed by atoms with Crippen LogP contribution in [-0.2, 0) is 14.2 Å². The number of benzene rings is 5. The second-order valence-corrected chi connectivity index (χ2v) is 24.0. The van der Waals surface area contributed by atoms with E-state index < -0.39 is 23.3 Å². The van der Waals surface area contributed by atoms with Crippen LogP contribution in [0.25, 0.3) is 11.4 Å². The summed E-state index contributed by atoms with van der Waals surface area (Å²) in [5.41, 5.74) is 10.2. The Morgan fingerprint density at radius 2 is 0.835 bits per heavy atom. The fourth-order valence-electron chi connectivity index (χ4n) is 10.2. The van der Waals surface area contributed by atoms with Gasteiger partial charge in [-0.1, -0.05) is 6.42 Å². The molecule has 16 nitrogen and oxygen atoms in total. The number of hydrogen-bond acceptors (Lipinski definition) is 14. The number of nitrogens with one attached hydrogen (secondary N) is 1. The minimum atomic E-state index is -0.718. The predicted octanol–water partition coefficient (Wildman–Crippen LogP) is 11.3. The average Bonchev–Trinajstić information content (AvgIpc) is 4.30. The van der Waals surface area contributed by atoms with Crippen molar-refractivity contribution in [3.63, 3.8) is 0 Å². The van der Waals surface area contributed by atoms with Crippen molar-refractivity contribution in [2.24, 2.45) is 0 Å². The first-order chi connectivity index (χ1) is 40.8. The summed E-state index contributed by atoms with van der Waals surface area (Å²) >= 11 is 9.47. The number of nitrogen functional groups attached to an aromatic ring is 1. The summed E-state index contributed by atoms with van der Waals surface area (Å²) in [6, 6.07) is 18.7. The van der Waals surface area contributed by atoms with Gasteiger partial charge in [0.1, 0.15) is 35.9 Å². The molecule has 7 aromatic rings. The fraction of sp³-hybridized carbons (Fsp3) is 0.424. The average molecular weight is 1380 g/mol. The van der Waals surface area contributed by atoms with E-state index in [1.165, 1.54) is 54.4 Å². The number of piperazine rings is 2. The molecule has 85 heavy (non-hydrogen) atoms. The summed E-state index contributed by atoms with van der Waals surface area (Å²) in [5, 5.41) is 10.8. The molecule has 6 aliphatic heterocycles. The molecule has 0 atom stereocenters. The zero-order valence-corrected chi connectivity index (χ0v) is 52.0. The molecule has 0 bridgehead atoms. The van der Waals surface area contributed by atoms with Crippen molar-refractivity contribution < 1.29 is 44.9 Å². The lowest BCUT2D eigenvalue weighted by molar-refractivity contribution is -0.0698. The summed E-state index contributed by atoms with van der Waals surface area (Å²) in [6.45, 7) is 20.6. The highest BCUT2D eigenvalue weighted by molar-refractivity contribution is 9.11. The van der Waals surface area contributed by atoms with Gasteiger partial charge in [0.05, 0.1) is 99.6 Å². The smallest absolute Gasteiger partial charge is 0.247 e. The van der Waals surface area contributed by atoms with Crippen LogP contribution in [0, 0.1) is 61.5 Å². The van der Waals surface area contributed by atoms with Gasteiger partial charge >= 0.3 is 0 Å². The first-order valence-corrected chi connectivity index (χ1v) is 30.3. The van der Waals surface area contributed by atoms with Gasteiger partial charge in [0.15, 0.2) is 17.5 Å². The van der Waals surface area contributed by atoms with Crippen LogP contribution >= 0.6 is 47.8 Å². The molecule has 0 spiro atoms. The monoisotopic (exact) mass is 1380 g/mol. The molecule has 456 valence electrons. The van der Waals surface area contributed by atoms with E-state index in [-0.39, 0.29) is 46.4 Å². The molecule has 6 saturated heterocycles. The predicted molar refractivity (Wildman–Crippen MR) is 324 cm³/mol. The van der Waals surface area contributed by atoms with Gasteiger partial charge in [-0.05, 0) is 172 Å². The SMILES string of the molecule is C1CCN(C2COC2)CC1.Cc1cc(Br)c(F)c(Br)c1.Cc1cc(Br)c(F)c(N2CCN(C3COC3)CC2)c1.Cc1cc(Nc2ncn(-c3cc(F)cc(F)c3)n2)c(F)c(N2CCN(C3COC3)CC2)c1.Nc1ncn(-c2cc(F)cc(F)c2)n1. The molecular weight excluding hydrogens is 1310 g/mol. The lowest BCUT2D eigenvalue weighted by Crippen LogP contribution is -2.56. The molecule has 2 aromatic heterocycles. The summed E-state index contributed by atoms with van der Waals surface area (Å²) in [6.07, 6.45) is 6.83. The second kappa shape index (κ2) is 29.8. The number of anilines is 5. The van der Waals surface area contributed by atoms with Crippen LogP contribution in [0.5, 0.6) is 0 Å². The Labute approximate surface area is 514 Å². The maximum absolute atomic E-state index is 15.4. The summed E-state index contributed by atoms with van der Waals surface area (Å²) < 4.78 is 115. The molecule has 6 fully saturated rings. The molecule has 5 aromatic carbocycles. The van der Waals surface area contributed by atoms with E-state index in [2.05, 4.69) is 92.9 Å². The van der Waals surface area contributed by atoms with Crippen molar-refractivity contribution in [1.82, 2.24) is 44.2 Å². The number of ether oxygens (including phenoxy) is 3.